The molecule has 2 aromatic heterocycles. The number of para-hydroxylation sites is 1. The number of nitrogens with zero attached hydrogens (tertiary/aromatic N) is 2. The number of rotatable bonds is 7. The molecule has 0 radical (unpaired) electrons. The number of nitrogens with two attached hydrogens (primary N) is 1. The number of aromatic carboxylic acids is 2. The van der Waals surface area contributed by atoms with E-state index in [1.165, 1.54) is 6.07 Å². The van der Waals surface area contributed by atoms with Crippen LogP contribution in [-0.4, -0.2) is 43.3 Å². The highest BCUT2D eigenvalue weighted by Crippen LogP contribution is 2.35. The van der Waals surface area contributed by atoms with Crippen LogP contribution in [0.4, 0.5) is 5.82 Å². The van der Waals surface area contributed by atoms with Gasteiger partial charge in [0, 0.05) is 23.5 Å². The number of carboxylic acids is 2. The van der Waals surface area contributed by atoms with E-state index in [9.17, 15) is 24.6 Å². The summed E-state index contributed by atoms with van der Waals surface area (Å²) in [4.78, 5) is 41.6. The molecule has 0 unspecified atom stereocenters. The molecule has 0 fully saturated rings. The molecule has 3 aromatic rings. The smallest absolute Gasteiger partial charge is 0.342 e. The molecular weight excluding hydrogens is 368 g/mol. The lowest BCUT2D eigenvalue weighted by molar-refractivity contribution is 0.0695. The average Bonchev–Trinajstić information content (AvgIpc) is 3.14. The summed E-state index contributed by atoms with van der Waals surface area (Å²) in [7, 11) is 0. The van der Waals surface area contributed by atoms with Crippen LogP contribution in [0.5, 0.6) is 5.75 Å². The largest absolute Gasteiger partial charge is 0.491 e. The number of ether oxygens (including phenoxy) is 1. The van der Waals surface area contributed by atoms with Crippen LogP contribution in [0, 0.1) is 0 Å². The molecule has 5 N–H and O–H groups in total. The van der Waals surface area contributed by atoms with Gasteiger partial charge in [-0.25, -0.2) is 14.6 Å². The molecule has 0 amide bonds. The summed E-state index contributed by atoms with van der Waals surface area (Å²) in [5, 5.41) is 19.0. The number of nitrogens with one attached hydrogen (secondary N) is 1. The van der Waals surface area contributed by atoms with Crippen molar-refractivity contribution in [2.24, 2.45) is 0 Å². The van der Waals surface area contributed by atoms with Gasteiger partial charge in [-0.3, -0.25) is 4.79 Å². The molecule has 0 saturated carbocycles. The summed E-state index contributed by atoms with van der Waals surface area (Å²) in [6.07, 6.45) is 4.97. The van der Waals surface area contributed by atoms with Crippen molar-refractivity contribution in [3.8, 4) is 16.9 Å². The molecule has 0 saturated heterocycles. The maximum Gasteiger partial charge on any atom is 0.342 e. The number of aromatic amines is 1. The number of hydrogen-bond donors (Lipinski definition) is 4. The second-order valence-electron chi connectivity index (χ2n) is 5.75. The molecule has 1 aromatic carbocycles. The number of pyridine rings is 1. The lowest BCUT2D eigenvalue weighted by atomic mass is 9.94. The fraction of sp³-hybridized carbons (Fsp3) is 0.111. The summed E-state index contributed by atoms with van der Waals surface area (Å²) >= 11 is 0. The lowest BCUT2D eigenvalue weighted by Crippen LogP contribution is -2.24. The first-order chi connectivity index (χ1) is 13.4. The zero-order valence-electron chi connectivity index (χ0n) is 14.5. The molecule has 2 heterocycles. The minimum absolute atomic E-state index is 0.140. The molecule has 0 atom stereocenters. The third-order valence-corrected chi connectivity index (χ3v) is 3.99. The molecule has 10 heteroatoms. The number of imidazole rings is 1. The van der Waals surface area contributed by atoms with Gasteiger partial charge in [0.25, 0.3) is 5.56 Å². The Morgan fingerprint density at radius 1 is 1.18 bits per heavy atom. The number of carbonyl (C=O) groups is 2. The van der Waals surface area contributed by atoms with E-state index in [0.29, 0.717) is 6.54 Å². The van der Waals surface area contributed by atoms with E-state index < -0.39 is 34.4 Å². The van der Waals surface area contributed by atoms with E-state index in [-0.39, 0.29) is 23.5 Å². The predicted molar refractivity (Wildman–Crippen MR) is 98.6 cm³/mol. The third kappa shape index (κ3) is 3.56. The molecule has 28 heavy (non-hydrogen) atoms. The van der Waals surface area contributed by atoms with Gasteiger partial charge in [-0.05, 0) is 6.07 Å². The van der Waals surface area contributed by atoms with Crippen LogP contribution in [-0.2, 0) is 6.54 Å². The van der Waals surface area contributed by atoms with Gasteiger partial charge in [-0.15, -0.1) is 0 Å². The van der Waals surface area contributed by atoms with Gasteiger partial charge in [-0.1, -0.05) is 18.2 Å². The number of nitrogen functional groups attached to an aromatic ring is 1. The molecular formula is C18H16N4O6. The van der Waals surface area contributed by atoms with Gasteiger partial charge in [-0.2, -0.15) is 0 Å². The highest BCUT2D eigenvalue weighted by Gasteiger charge is 2.28. The van der Waals surface area contributed by atoms with Crippen LogP contribution < -0.4 is 16.0 Å². The molecule has 0 bridgehead atoms. The zero-order valence-corrected chi connectivity index (χ0v) is 14.5. The summed E-state index contributed by atoms with van der Waals surface area (Å²) in [5.74, 6) is -3.27. The normalized spacial score (nSPS) is 10.6. The number of hydrogen-bond acceptors (Lipinski definition) is 6. The molecule has 3 rings (SSSR count). The van der Waals surface area contributed by atoms with Gasteiger partial charge in [0.2, 0.25) is 0 Å². The fourth-order valence-corrected chi connectivity index (χ4v) is 2.80. The number of aromatic nitrogens is 3. The topological polar surface area (TPSA) is 161 Å². The zero-order chi connectivity index (χ0) is 20.3. The summed E-state index contributed by atoms with van der Waals surface area (Å²) in [6.45, 7) is 0.667. The Morgan fingerprint density at radius 2 is 1.89 bits per heavy atom. The first kappa shape index (κ1) is 18.7. The van der Waals surface area contributed by atoms with Crippen LogP contribution in [0.1, 0.15) is 20.7 Å². The summed E-state index contributed by atoms with van der Waals surface area (Å²) < 4.78 is 7.50. The standard InChI is InChI=1S/C18H16N4O6/c19-15-13(17(24)25)12(14(18(26)27)16(23)21-15)10-3-1-2-4-11(10)28-8-7-22-6-5-20-9-22/h1-6,9H,7-8H2,(H,24,25)(H,26,27)(H3,19,21,23). The van der Waals surface area contributed by atoms with Crippen LogP contribution in [0.2, 0.25) is 0 Å². The highest BCUT2D eigenvalue weighted by atomic mass is 16.5. The van der Waals surface area contributed by atoms with Crippen molar-refractivity contribution in [2.45, 2.75) is 6.54 Å². The molecule has 0 spiro atoms. The van der Waals surface area contributed by atoms with Gasteiger partial charge in [0.15, 0.2) is 0 Å². The monoisotopic (exact) mass is 384 g/mol. The quantitative estimate of drug-likeness (QED) is 0.474. The van der Waals surface area contributed by atoms with Crippen LogP contribution in [0.25, 0.3) is 11.1 Å². The van der Waals surface area contributed by atoms with E-state index in [1.54, 1.807) is 41.5 Å². The predicted octanol–water partition coefficient (Wildman–Crippen LogP) is 1.30. The second kappa shape index (κ2) is 7.66. The number of carboxylic acid groups (broad SMARTS) is 2. The number of benzene rings is 1. The Hall–Kier alpha value is -4.08. The minimum Gasteiger partial charge on any atom is -0.491 e. The second-order valence-corrected chi connectivity index (χ2v) is 5.75. The van der Waals surface area contributed by atoms with Gasteiger partial charge < -0.3 is 30.2 Å². The fourth-order valence-electron chi connectivity index (χ4n) is 2.80. The highest BCUT2D eigenvalue weighted by molar-refractivity contribution is 6.08. The van der Waals surface area contributed by atoms with Crippen molar-refractivity contribution in [3.63, 3.8) is 0 Å². The maximum absolute atomic E-state index is 12.2. The first-order valence-electron chi connectivity index (χ1n) is 8.10. The van der Waals surface area contributed by atoms with E-state index in [4.69, 9.17) is 10.5 Å². The maximum atomic E-state index is 12.2. The number of H-pyrrole nitrogens is 1. The van der Waals surface area contributed by atoms with Crippen LogP contribution in [0.15, 0.2) is 47.8 Å². The summed E-state index contributed by atoms with van der Waals surface area (Å²) in [5.41, 5.74) is 3.26. The Morgan fingerprint density at radius 3 is 2.54 bits per heavy atom. The summed E-state index contributed by atoms with van der Waals surface area (Å²) in [6, 6.07) is 6.25. The van der Waals surface area contributed by atoms with Crippen molar-refractivity contribution in [3.05, 3.63) is 64.5 Å². The Balaban J connectivity index is 2.12. The van der Waals surface area contributed by atoms with E-state index >= 15 is 0 Å². The van der Waals surface area contributed by atoms with Crippen molar-refractivity contribution in [1.29, 1.82) is 0 Å². The number of anilines is 1. The van der Waals surface area contributed by atoms with E-state index in [1.807, 2.05) is 0 Å². The Labute approximate surface area is 157 Å². The molecule has 10 nitrogen and oxygen atoms in total. The van der Waals surface area contributed by atoms with Crippen molar-refractivity contribution < 1.29 is 24.5 Å². The van der Waals surface area contributed by atoms with Crippen LogP contribution in [0.3, 0.4) is 0 Å². The van der Waals surface area contributed by atoms with Crippen molar-refractivity contribution in [1.82, 2.24) is 14.5 Å². The minimum atomic E-state index is -1.58. The molecule has 0 aliphatic rings. The first-order valence-corrected chi connectivity index (χ1v) is 8.10. The van der Waals surface area contributed by atoms with E-state index in [0.717, 1.165) is 0 Å². The van der Waals surface area contributed by atoms with E-state index in [2.05, 4.69) is 9.97 Å². The molecule has 0 aliphatic carbocycles. The van der Waals surface area contributed by atoms with Gasteiger partial charge in [0.1, 0.15) is 29.3 Å². The van der Waals surface area contributed by atoms with Gasteiger partial charge >= 0.3 is 11.9 Å². The Kier molecular flexibility index (Phi) is 5.12. The Bertz CT molecular complexity index is 1090. The molecule has 144 valence electrons. The third-order valence-electron chi connectivity index (χ3n) is 3.99. The van der Waals surface area contributed by atoms with Gasteiger partial charge in [0.05, 0.1) is 12.9 Å². The SMILES string of the molecule is Nc1[nH]c(=O)c(C(=O)O)c(-c2ccccc2OCCn2ccnc2)c1C(=O)O. The van der Waals surface area contributed by atoms with Crippen molar-refractivity contribution in [2.75, 3.05) is 12.3 Å². The average molecular weight is 384 g/mol. The lowest BCUT2D eigenvalue weighted by Gasteiger charge is -2.16. The van der Waals surface area contributed by atoms with Crippen molar-refractivity contribution >= 4 is 17.8 Å². The molecule has 0 aliphatic heterocycles. The van der Waals surface area contributed by atoms with Crippen LogP contribution >= 0.6 is 0 Å².